The zero-order valence-electron chi connectivity index (χ0n) is 17.8. The molecule has 0 unspecified atom stereocenters. The fourth-order valence-corrected chi connectivity index (χ4v) is 4.70. The van der Waals surface area contributed by atoms with Crippen molar-refractivity contribution in [3.05, 3.63) is 29.5 Å². The molecule has 2 aliphatic rings. The normalized spacial score (nSPS) is 21.6. The third-order valence-corrected chi connectivity index (χ3v) is 6.82. The van der Waals surface area contributed by atoms with Crippen molar-refractivity contribution in [1.29, 1.82) is 0 Å². The van der Waals surface area contributed by atoms with Crippen LogP contribution in [0, 0.1) is 5.92 Å². The first-order chi connectivity index (χ1) is 15.5. The number of hydrogen-bond acceptors (Lipinski definition) is 8. The number of amides is 1. The minimum atomic E-state index is -0.977. The van der Waals surface area contributed by atoms with Crippen molar-refractivity contribution < 1.29 is 9.18 Å². The van der Waals surface area contributed by atoms with E-state index in [9.17, 15) is 9.18 Å². The average Bonchev–Trinajstić information content (AvgIpc) is 3.41. The van der Waals surface area contributed by atoms with E-state index >= 15 is 0 Å². The van der Waals surface area contributed by atoms with Gasteiger partial charge in [0.05, 0.1) is 30.5 Å². The van der Waals surface area contributed by atoms with Crippen molar-refractivity contribution in [2.45, 2.75) is 38.0 Å². The second-order valence-corrected chi connectivity index (χ2v) is 9.43. The van der Waals surface area contributed by atoms with E-state index in [4.69, 9.17) is 5.10 Å². The minimum absolute atomic E-state index is 0.0723. The summed E-state index contributed by atoms with van der Waals surface area (Å²) in [6, 6.07) is -0.304. The van der Waals surface area contributed by atoms with Gasteiger partial charge in [0.1, 0.15) is 22.7 Å². The molecule has 168 valence electrons. The highest BCUT2D eigenvalue weighted by molar-refractivity contribution is 7.14. The molecule has 3 aromatic rings. The number of nitrogens with zero attached hydrogens (tertiary/aromatic N) is 6. The Hall–Kier alpha value is -2.92. The summed E-state index contributed by atoms with van der Waals surface area (Å²) in [7, 11) is 1.93. The van der Waals surface area contributed by atoms with Gasteiger partial charge in [-0.05, 0) is 26.3 Å². The Bertz CT molecular complexity index is 1160. The van der Waals surface area contributed by atoms with Crippen LogP contribution in [-0.2, 0) is 11.3 Å². The highest BCUT2D eigenvalue weighted by Crippen LogP contribution is 2.32. The summed E-state index contributed by atoms with van der Waals surface area (Å²) in [5.74, 6) is 0.846. The number of anilines is 1. The minimum Gasteiger partial charge on any atom is -0.363 e. The Kier molecular flexibility index (Phi) is 5.60. The van der Waals surface area contributed by atoms with Gasteiger partial charge in [-0.1, -0.05) is 24.0 Å². The Balaban J connectivity index is 1.41. The lowest BCUT2D eigenvalue weighted by Crippen LogP contribution is -2.46. The number of nitrogens with one attached hydrogen (secondary N) is 2. The lowest BCUT2D eigenvalue weighted by molar-refractivity contribution is -0.122. The first kappa shape index (κ1) is 21.0. The molecule has 1 aliphatic carbocycles. The van der Waals surface area contributed by atoms with E-state index in [2.05, 4.69) is 32.4 Å². The van der Waals surface area contributed by atoms with Crippen LogP contribution in [0.15, 0.2) is 19.0 Å². The van der Waals surface area contributed by atoms with Crippen LogP contribution >= 0.6 is 11.3 Å². The van der Waals surface area contributed by atoms with Crippen molar-refractivity contribution in [3.8, 4) is 10.7 Å². The van der Waals surface area contributed by atoms with Crippen LogP contribution in [0.25, 0.3) is 22.3 Å². The average molecular weight is 457 g/mol. The molecule has 1 aliphatic heterocycles. The molecular weight excluding hydrogens is 431 g/mol. The first-order valence-corrected chi connectivity index (χ1v) is 11.5. The third-order valence-electron chi connectivity index (χ3n) is 5.89. The fourth-order valence-electron chi connectivity index (χ4n) is 3.92. The Labute approximate surface area is 188 Å². The number of hydrogen-bond donors (Lipinski definition) is 2. The molecule has 2 atom stereocenters. The lowest BCUT2D eigenvalue weighted by Gasteiger charge is -2.33. The van der Waals surface area contributed by atoms with Crippen molar-refractivity contribution >= 4 is 34.7 Å². The molecule has 4 heterocycles. The smallest absolute Gasteiger partial charge is 0.223 e. The molecule has 5 rings (SSSR count). The summed E-state index contributed by atoms with van der Waals surface area (Å²) in [5.41, 5.74) is 2.17. The molecule has 2 N–H and O–H groups in total. The maximum atomic E-state index is 14.6. The summed E-state index contributed by atoms with van der Waals surface area (Å²) in [6.45, 7) is 5.51. The Morgan fingerprint density at radius 2 is 2.19 bits per heavy atom. The molecule has 0 spiro atoms. The fraction of sp³-hybridized carbons (Fsp3) is 0.476. The molecular formula is C21H25FN8OS. The molecule has 1 saturated carbocycles. The van der Waals surface area contributed by atoms with Crippen molar-refractivity contribution in [2.75, 3.05) is 25.5 Å². The maximum Gasteiger partial charge on any atom is 0.223 e. The second-order valence-electron chi connectivity index (χ2n) is 8.37. The van der Waals surface area contributed by atoms with E-state index in [1.165, 1.54) is 11.3 Å². The van der Waals surface area contributed by atoms with Crippen LogP contribution in [0.5, 0.6) is 0 Å². The second kappa shape index (κ2) is 8.55. The molecule has 3 aromatic heterocycles. The molecule has 0 bridgehead atoms. The molecule has 1 saturated heterocycles. The molecule has 0 aromatic carbocycles. The topological polar surface area (TPSA) is 100 Å². The molecule has 9 nitrogen and oxygen atoms in total. The van der Waals surface area contributed by atoms with Crippen LogP contribution in [0.4, 0.5) is 10.2 Å². The van der Waals surface area contributed by atoms with Gasteiger partial charge < -0.3 is 15.5 Å². The van der Waals surface area contributed by atoms with Crippen LogP contribution in [0.3, 0.4) is 0 Å². The number of piperidine rings is 1. The van der Waals surface area contributed by atoms with Crippen LogP contribution < -0.4 is 10.6 Å². The largest absolute Gasteiger partial charge is 0.363 e. The van der Waals surface area contributed by atoms with E-state index < -0.39 is 6.17 Å². The predicted molar refractivity (Wildman–Crippen MR) is 121 cm³/mol. The predicted octanol–water partition coefficient (Wildman–Crippen LogP) is 2.37. The van der Waals surface area contributed by atoms with E-state index in [1.54, 1.807) is 23.0 Å². The number of carbonyl (C=O) groups excluding carboxylic acids is 1. The number of aromatic nitrogens is 5. The molecule has 11 heteroatoms. The first-order valence-electron chi connectivity index (χ1n) is 10.7. The number of fused-ring (bicyclic) bond motifs is 1. The van der Waals surface area contributed by atoms with E-state index in [1.807, 2.05) is 11.9 Å². The van der Waals surface area contributed by atoms with E-state index in [0.29, 0.717) is 41.0 Å². The van der Waals surface area contributed by atoms with Gasteiger partial charge in [0.25, 0.3) is 0 Å². The number of carbonyl (C=O) groups is 1. The number of rotatable bonds is 7. The molecule has 2 fully saturated rings. The molecule has 0 radical (unpaired) electrons. The summed E-state index contributed by atoms with van der Waals surface area (Å²) >= 11 is 1.38. The zero-order chi connectivity index (χ0) is 22.2. The SMILES string of the molecule is C=Cc1c(-c2nnc(CNC(=O)C3CC3)s2)nn2c(N[C@@H]3CCN(C)C[C@@H]3F)cncc12. The van der Waals surface area contributed by atoms with Crippen molar-refractivity contribution in [3.63, 3.8) is 0 Å². The van der Waals surface area contributed by atoms with Gasteiger partial charge in [-0.25, -0.2) is 8.91 Å². The zero-order valence-corrected chi connectivity index (χ0v) is 18.6. The van der Waals surface area contributed by atoms with Crippen LogP contribution in [0.2, 0.25) is 0 Å². The summed E-state index contributed by atoms with van der Waals surface area (Å²) in [4.78, 5) is 18.2. The lowest BCUT2D eigenvalue weighted by atomic mass is 10.0. The van der Waals surface area contributed by atoms with Gasteiger partial charge in [-0.3, -0.25) is 9.78 Å². The van der Waals surface area contributed by atoms with Gasteiger partial charge in [0, 0.05) is 24.6 Å². The van der Waals surface area contributed by atoms with Crippen LogP contribution in [0.1, 0.15) is 29.8 Å². The van der Waals surface area contributed by atoms with Gasteiger partial charge in [0.2, 0.25) is 5.91 Å². The molecule has 32 heavy (non-hydrogen) atoms. The summed E-state index contributed by atoms with van der Waals surface area (Å²) in [5, 5.41) is 20.8. The van der Waals surface area contributed by atoms with Crippen molar-refractivity contribution in [1.82, 2.24) is 35.0 Å². The van der Waals surface area contributed by atoms with E-state index in [0.717, 1.165) is 30.5 Å². The summed E-state index contributed by atoms with van der Waals surface area (Å²) < 4.78 is 16.3. The van der Waals surface area contributed by atoms with E-state index in [-0.39, 0.29) is 17.9 Å². The highest BCUT2D eigenvalue weighted by Gasteiger charge is 2.30. The van der Waals surface area contributed by atoms with Crippen LogP contribution in [-0.4, -0.2) is 68.0 Å². The van der Waals surface area contributed by atoms with Gasteiger partial charge in [-0.15, -0.1) is 10.2 Å². The van der Waals surface area contributed by atoms with Crippen molar-refractivity contribution in [2.24, 2.45) is 5.92 Å². The Morgan fingerprint density at radius 3 is 2.94 bits per heavy atom. The maximum absolute atomic E-state index is 14.6. The van der Waals surface area contributed by atoms with Gasteiger partial charge in [0.15, 0.2) is 5.01 Å². The quantitative estimate of drug-likeness (QED) is 0.563. The third kappa shape index (κ3) is 4.09. The summed E-state index contributed by atoms with van der Waals surface area (Å²) in [6.07, 6.45) is 6.72. The highest BCUT2D eigenvalue weighted by atomic mass is 32.1. The number of alkyl halides is 1. The van der Waals surface area contributed by atoms with Gasteiger partial charge >= 0.3 is 0 Å². The van der Waals surface area contributed by atoms with Gasteiger partial charge in [-0.2, -0.15) is 5.10 Å². The molecule has 1 amide bonds. The number of halogens is 1. The monoisotopic (exact) mass is 456 g/mol. The number of likely N-dealkylation sites (tertiary alicyclic amines) is 1. The standard InChI is InChI=1S/C21H25FN8OS/c1-3-13-16-8-23-9-17(25-15-6-7-29(2)11-14(15)22)30(16)28-19(13)21-27-26-18(32-21)10-24-20(31)12-4-5-12/h3,8-9,12,14-15,25H,1,4-7,10-11H2,2H3,(H,24,31)/t14-,15+/m0/s1. The Morgan fingerprint density at radius 1 is 1.34 bits per heavy atom.